The highest BCUT2D eigenvalue weighted by atomic mass is 32.2. The zero-order chi connectivity index (χ0) is 19.9. The second kappa shape index (κ2) is 9.93. The minimum absolute atomic E-state index is 0.0732. The topological polar surface area (TPSA) is 17.1 Å². The Balaban J connectivity index is 1.30. The van der Waals surface area contributed by atoms with Gasteiger partial charge in [0.1, 0.15) is 0 Å². The minimum atomic E-state index is 0.0732. The first-order valence-corrected chi connectivity index (χ1v) is 11.6. The van der Waals surface area contributed by atoms with E-state index in [0.717, 1.165) is 21.9 Å². The van der Waals surface area contributed by atoms with Gasteiger partial charge in [-0.15, -0.1) is 0 Å². The van der Waals surface area contributed by atoms with Gasteiger partial charge in [-0.05, 0) is 60.7 Å². The van der Waals surface area contributed by atoms with Crippen LogP contribution in [0.3, 0.4) is 0 Å². The van der Waals surface area contributed by atoms with Gasteiger partial charge in [-0.2, -0.15) is 0 Å². The molecule has 1 aliphatic carbocycles. The van der Waals surface area contributed by atoms with E-state index in [-0.39, 0.29) is 5.78 Å². The Bertz CT molecular complexity index is 907. The van der Waals surface area contributed by atoms with Crippen molar-refractivity contribution in [1.82, 2.24) is 0 Å². The molecule has 0 saturated heterocycles. The Morgan fingerprint density at radius 3 is 2.00 bits per heavy atom. The van der Waals surface area contributed by atoms with Crippen molar-refractivity contribution in [2.45, 2.75) is 54.7 Å². The molecule has 1 nitrogen and oxygen atoms in total. The first-order chi connectivity index (χ1) is 14.3. The molecule has 0 radical (unpaired) electrons. The Morgan fingerprint density at radius 2 is 1.34 bits per heavy atom. The van der Waals surface area contributed by atoms with Crippen LogP contribution in [0.4, 0.5) is 0 Å². The molecule has 2 heteroatoms. The maximum absolute atomic E-state index is 12.5. The lowest BCUT2D eigenvalue weighted by molar-refractivity contribution is 0.103. The van der Waals surface area contributed by atoms with Crippen molar-refractivity contribution in [3.05, 3.63) is 95.6 Å². The minimum Gasteiger partial charge on any atom is -0.289 e. The van der Waals surface area contributed by atoms with E-state index in [2.05, 4.69) is 24.3 Å². The highest BCUT2D eigenvalue weighted by Crippen LogP contribution is 2.30. The predicted octanol–water partition coefficient (Wildman–Crippen LogP) is 7.58. The fraction of sp³-hybridized carbons (Fsp3) is 0.296. The third-order valence-corrected chi connectivity index (χ3v) is 6.88. The number of carbonyl (C=O) groups is 1. The smallest absolute Gasteiger partial charge is 0.193 e. The molecule has 0 aliphatic heterocycles. The van der Waals surface area contributed by atoms with E-state index in [4.69, 9.17) is 0 Å². The molecular weight excluding hydrogens is 372 g/mol. The van der Waals surface area contributed by atoms with Crippen LogP contribution in [-0.4, -0.2) is 5.78 Å². The summed E-state index contributed by atoms with van der Waals surface area (Å²) in [5.74, 6) is 1.06. The van der Waals surface area contributed by atoms with Crippen molar-refractivity contribution < 1.29 is 4.79 Å². The van der Waals surface area contributed by atoms with E-state index in [0.29, 0.717) is 0 Å². The maximum Gasteiger partial charge on any atom is 0.193 e. The number of benzene rings is 3. The van der Waals surface area contributed by atoms with Gasteiger partial charge in [-0.1, -0.05) is 86.3 Å². The van der Waals surface area contributed by atoms with Gasteiger partial charge in [0.2, 0.25) is 0 Å². The largest absolute Gasteiger partial charge is 0.289 e. The molecule has 1 fully saturated rings. The molecule has 148 valence electrons. The fourth-order valence-electron chi connectivity index (χ4n) is 4.18. The molecule has 0 unspecified atom stereocenters. The summed E-state index contributed by atoms with van der Waals surface area (Å²) in [6.45, 7) is 0. The second-order valence-corrected chi connectivity index (χ2v) is 9.16. The van der Waals surface area contributed by atoms with Crippen LogP contribution in [0.15, 0.2) is 88.7 Å². The number of hydrogen-bond acceptors (Lipinski definition) is 2. The van der Waals surface area contributed by atoms with Crippen molar-refractivity contribution in [3.63, 3.8) is 0 Å². The average molecular weight is 401 g/mol. The van der Waals surface area contributed by atoms with Gasteiger partial charge < -0.3 is 0 Å². The summed E-state index contributed by atoms with van der Waals surface area (Å²) in [7, 11) is 0. The lowest BCUT2D eigenvalue weighted by Gasteiger charge is -2.09. The van der Waals surface area contributed by atoms with Crippen molar-refractivity contribution in [1.29, 1.82) is 0 Å². The van der Waals surface area contributed by atoms with Crippen LogP contribution in [0.25, 0.3) is 0 Å². The lowest BCUT2D eigenvalue weighted by Crippen LogP contribution is -2.00. The molecule has 0 N–H and O–H groups in total. The fourth-order valence-corrected chi connectivity index (χ4v) is 5.00. The van der Waals surface area contributed by atoms with Gasteiger partial charge in [0.05, 0.1) is 0 Å². The summed E-state index contributed by atoms with van der Waals surface area (Å²) in [6.07, 6.45) is 9.68. The Morgan fingerprint density at radius 1 is 0.759 bits per heavy atom. The van der Waals surface area contributed by atoms with E-state index in [1.54, 1.807) is 11.8 Å². The van der Waals surface area contributed by atoms with Gasteiger partial charge in [0, 0.05) is 20.9 Å². The quantitative estimate of drug-likeness (QED) is 0.362. The monoisotopic (exact) mass is 400 g/mol. The molecule has 0 aromatic heterocycles. The SMILES string of the molecule is O=C(c1ccccc1)c1ccc(Sc2ccc(CCCC3CCCC3)cc2)cc1. The van der Waals surface area contributed by atoms with E-state index in [9.17, 15) is 4.79 Å². The summed E-state index contributed by atoms with van der Waals surface area (Å²) in [5, 5.41) is 0. The zero-order valence-corrected chi connectivity index (χ0v) is 17.7. The molecule has 3 aromatic rings. The molecule has 4 rings (SSSR count). The molecule has 0 heterocycles. The number of rotatable bonds is 8. The number of aryl methyl sites for hydroxylation is 1. The van der Waals surface area contributed by atoms with Crippen molar-refractivity contribution in [3.8, 4) is 0 Å². The first-order valence-electron chi connectivity index (χ1n) is 10.7. The normalized spacial score (nSPS) is 14.2. The van der Waals surface area contributed by atoms with Gasteiger partial charge in [-0.3, -0.25) is 4.79 Å². The zero-order valence-electron chi connectivity index (χ0n) is 16.8. The van der Waals surface area contributed by atoms with E-state index >= 15 is 0 Å². The standard InChI is InChI=1S/C27H28OS/c28-27(23-11-2-1-3-12-23)24-15-19-26(20-16-24)29-25-17-13-22(14-18-25)10-6-9-21-7-4-5-8-21/h1-3,11-21H,4-10H2. The molecule has 1 aliphatic rings. The summed E-state index contributed by atoms with van der Waals surface area (Å²) < 4.78 is 0. The van der Waals surface area contributed by atoms with E-state index in [1.807, 2.05) is 54.6 Å². The van der Waals surface area contributed by atoms with Crippen LogP contribution in [-0.2, 0) is 6.42 Å². The summed E-state index contributed by atoms with van der Waals surface area (Å²) >= 11 is 1.75. The second-order valence-electron chi connectivity index (χ2n) is 8.01. The third kappa shape index (κ3) is 5.61. The van der Waals surface area contributed by atoms with Gasteiger partial charge in [0.15, 0.2) is 5.78 Å². The van der Waals surface area contributed by atoms with Crippen molar-refractivity contribution >= 4 is 17.5 Å². The van der Waals surface area contributed by atoms with Gasteiger partial charge in [-0.25, -0.2) is 0 Å². The van der Waals surface area contributed by atoms with Crippen LogP contribution in [0.2, 0.25) is 0 Å². The Labute approximate surface area is 178 Å². The maximum atomic E-state index is 12.5. The first kappa shape index (κ1) is 20.0. The van der Waals surface area contributed by atoms with Crippen molar-refractivity contribution in [2.75, 3.05) is 0 Å². The number of carbonyl (C=O) groups excluding carboxylic acids is 1. The Hall–Kier alpha value is -2.32. The molecule has 0 atom stereocenters. The van der Waals surface area contributed by atoms with Crippen LogP contribution in [0, 0.1) is 5.92 Å². The Kier molecular flexibility index (Phi) is 6.84. The van der Waals surface area contributed by atoms with Crippen LogP contribution in [0.1, 0.15) is 60.0 Å². The van der Waals surface area contributed by atoms with Crippen molar-refractivity contribution in [2.24, 2.45) is 5.92 Å². The van der Waals surface area contributed by atoms with E-state index < -0.39 is 0 Å². The third-order valence-electron chi connectivity index (χ3n) is 5.86. The highest BCUT2D eigenvalue weighted by molar-refractivity contribution is 7.99. The summed E-state index contributed by atoms with van der Waals surface area (Å²) in [6, 6.07) is 26.4. The lowest BCUT2D eigenvalue weighted by atomic mass is 9.98. The van der Waals surface area contributed by atoms with Gasteiger partial charge in [0.25, 0.3) is 0 Å². The number of ketones is 1. The molecule has 0 amide bonds. The molecular formula is C27H28OS. The molecule has 0 spiro atoms. The van der Waals surface area contributed by atoms with Gasteiger partial charge >= 0.3 is 0 Å². The average Bonchev–Trinajstić information content (AvgIpc) is 3.29. The van der Waals surface area contributed by atoms with Crippen LogP contribution < -0.4 is 0 Å². The summed E-state index contributed by atoms with van der Waals surface area (Å²) in [4.78, 5) is 14.9. The molecule has 3 aromatic carbocycles. The predicted molar refractivity (Wildman–Crippen MR) is 122 cm³/mol. The molecule has 0 bridgehead atoms. The summed E-state index contributed by atoms with van der Waals surface area (Å²) in [5.41, 5.74) is 2.91. The van der Waals surface area contributed by atoms with E-state index in [1.165, 1.54) is 55.4 Å². The molecule has 1 saturated carbocycles. The number of hydrogen-bond donors (Lipinski definition) is 0. The highest BCUT2D eigenvalue weighted by Gasteiger charge is 2.14. The molecule has 29 heavy (non-hydrogen) atoms. The van der Waals surface area contributed by atoms with Crippen LogP contribution in [0.5, 0.6) is 0 Å². The van der Waals surface area contributed by atoms with Crippen LogP contribution >= 0.6 is 11.8 Å².